The second-order valence-corrected chi connectivity index (χ2v) is 5.51. The standard InChI is InChI=1S/C14H11ClN2OS/c15-10-4-2-1-3-9(10)8-16-14(18)12-7-13-11(17-12)5-6-19-13/h1-7,17H,8H2,(H,16,18). The first kappa shape index (κ1) is 12.3. The van der Waals surface area contributed by atoms with Gasteiger partial charge in [-0.3, -0.25) is 4.79 Å². The van der Waals surface area contributed by atoms with E-state index in [0.29, 0.717) is 17.3 Å². The van der Waals surface area contributed by atoms with E-state index in [1.165, 1.54) is 0 Å². The molecule has 0 radical (unpaired) electrons. The van der Waals surface area contributed by atoms with E-state index in [1.807, 2.05) is 41.8 Å². The Bertz CT molecular complexity index is 703. The molecule has 3 nitrogen and oxygen atoms in total. The maximum atomic E-state index is 12.0. The molecule has 1 amide bonds. The number of aromatic nitrogens is 1. The van der Waals surface area contributed by atoms with Crippen molar-refractivity contribution in [1.29, 1.82) is 0 Å². The Morgan fingerprint density at radius 3 is 2.95 bits per heavy atom. The van der Waals surface area contributed by atoms with Crippen molar-refractivity contribution < 1.29 is 4.79 Å². The Hall–Kier alpha value is -1.78. The van der Waals surface area contributed by atoms with Gasteiger partial charge >= 0.3 is 0 Å². The van der Waals surface area contributed by atoms with Gasteiger partial charge in [-0.15, -0.1) is 11.3 Å². The molecule has 0 saturated heterocycles. The number of amides is 1. The van der Waals surface area contributed by atoms with E-state index in [-0.39, 0.29) is 5.91 Å². The first-order chi connectivity index (χ1) is 9.24. The van der Waals surface area contributed by atoms with Crippen LogP contribution in [0, 0.1) is 0 Å². The fraction of sp³-hybridized carbons (Fsp3) is 0.0714. The first-order valence-corrected chi connectivity index (χ1v) is 7.07. The number of hydrogen-bond acceptors (Lipinski definition) is 2. The molecule has 3 rings (SSSR count). The van der Waals surface area contributed by atoms with Crippen LogP contribution in [-0.4, -0.2) is 10.9 Å². The van der Waals surface area contributed by atoms with E-state index in [2.05, 4.69) is 10.3 Å². The second kappa shape index (κ2) is 5.07. The minimum atomic E-state index is -0.122. The van der Waals surface area contributed by atoms with Crippen LogP contribution in [0.2, 0.25) is 5.02 Å². The van der Waals surface area contributed by atoms with Crippen molar-refractivity contribution in [2.24, 2.45) is 0 Å². The molecule has 0 aliphatic rings. The number of hydrogen-bond donors (Lipinski definition) is 2. The number of fused-ring (bicyclic) bond motifs is 1. The maximum absolute atomic E-state index is 12.0. The minimum Gasteiger partial charge on any atom is -0.350 e. The molecule has 19 heavy (non-hydrogen) atoms. The fourth-order valence-corrected chi connectivity index (χ4v) is 2.87. The first-order valence-electron chi connectivity index (χ1n) is 5.82. The molecular formula is C14H11ClN2OS. The summed E-state index contributed by atoms with van der Waals surface area (Å²) in [4.78, 5) is 15.1. The van der Waals surface area contributed by atoms with Gasteiger partial charge in [-0.05, 0) is 29.1 Å². The third kappa shape index (κ3) is 2.50. The van der Waals surface area contributed by atoms with Gasteiger partial charge in [0.1, 0.15) is 5.69 Å². The third-order valence-corrected chi connectivity index (χ3v) is 4.11. The van der Waals surface area contributed by atoms with Crippen molar-refractivity contribution in [3.63, 3.8) is 0 Å². The molecule has 1 aromatic carbocycles. The van der Waals surface area contributed by atoms with E-state index >= 15 is 0 Å². The fourth-order valence-electron chi connectivity index (χ4n) is 1.88. The minimum absolute atomic E-state index is 0.122. The van der Waals surface area contributed by atoms with Crippen LogP contribution in [0.1, 0.15) is 16.1 Å². The molecular weight excluding hydrogens is 280 g/mol. The topological polar surface area (TPSA) is 44.9 Å². The maximum Gasteiger partial charge on any atom is 0.268 e. The van der Waals surface area contributed by atoms with Crippen molar-refractivity contribution in [3.05, 3.63) is 58.1 Å². The van der Waals surface area contributed by atoms with Gasteiger partial charge in [0, 0.05) is 11.6 Å². The lowest BCUT2D eigenvalue weighted by molar-refractivity contribution is 0.0947. The van der Waals surface area contributed by atoms with E-state index in [9.17, 15) is 4.79 Å². The lowest BCUT2D eigenvalue weighted by Gasteiger charge is -2.05. The van der Waals surface area contributed by atoms with Crippen LogP contribution in [0.3, 0.4) is 0 Å². The van der Waals surface area contributed by atoms with E-state index in [1.54, 1.807) is 11.3 Å². The van der Waals surface area contributed by atoms with Gasteiger partial charge in [0.25, 0.3) is 5.91 Å². The number of thiophene rings is 1. The predicted octanol–water partition coefficient (Wildman–Crippen LogP) is 3.81. The van der Waals surface area contributed by atoms with E-state index in [0.717, 1.165) is 15.8 Å². The van der Waals surface area contributed by atoms with Crippen molar-refractivity contribution in [2.45, 2.75) is 6.54 Å². The van der Waals surface area contributed by atoms with Gasteiger partial charge in [-0.25, -0.2) is 0 Å². The Labute approximate surface area is 119 Å². The highest BCUT2D eigenvalue weighted by Gasteiger charge is 2.10. The molecule has 0 saturated carbocycles. The molecule has 0 spiro atoms. The van der Waals surface area contributed by atoms with Gasteiger partial charge in [0.05, 0.1) is 10.2 Å². The Morgan fingerprint density at radius 1 is 1.32 bits per heavy atom. The quantitative estimate of drug-likeness (QED) is 0.757. The Kier molecular flexibility index (Phi) is 3.27. The highest BCUT2D eigenvalue weighted by molar-refractivity contribution is 7.17. The van der Waals surface area contributed by atoms with Gasteiger partial charge in [0.2, 0.25) is 0 Å². The number of nitrogens with one attached hydrogen (secondary N) is 2. The largest absolute Gasteiger partial charge is 0.350 e. The van der Waals surface area contributed by atoms with Crippen LogP contribution in [0.4, 0.5) is 0 Å². The molecule has 0 aliphatic heterocycles. The Balaban J connectivity index is 1.72. The van der Waals surface area contributed by atoms with E-state index < -0.39 is 0 Å². The molecule has 0 fully saturated rings. The summed E-state index contributed by atoms with van der Waals surface area (Å²) in [6, 6.07) is 11.3. The summed E-state index contributed by atoms with van der Waals surface area (Å²) in [7, 11) is 0. The van der Waals surface area contributed by atoms with Crippen LogP contribution in [0.5, 0.6) is 0 Å². The molecule has 5 heteroatoms. The van der Waals surface area contributed by atoms with Crippen molar-refractivity contribution in [3.8, 4) is 0 Å². The highest BCUT2D eigenvalue weighted by atomic mass is 35.5. The van der Waals surface area contributed by atoms with Crippen molar-refractivity contribution in [1.82, 2.24) is 10.3 Å². The van der Waals surface area contributed by atoms with Crippen molar-refractivity contribution in [2.75, 3.05) is 0 Å². The summed E-state index contributed by atoms with van der Waals surface area (Å²) in [6.07, 6.45) is 0. The molecule has 2 aromatic heterocycles. The zero-order valence-electron chi connectivity index (χ0n) is 9.94. The molecule has 0 unspecified atom stereocenters. The smallest absolute Gasteiger partial charge is 0.268 e. The van der Waals surface area contributed by atoms with Gasteiger partial charge < -0.3 is 10.3 Å². The molecule has 96 valence electrons. The summed E-state index contributed by atoms with van der Waals surface area (Å²) >= 11 is 7.65. The van der Waals surface area contributed by atoms with Gasteiger partial charge in [-0.1, -0.05) is 29.8 Å². The number of rotatable bonds is 3. The predicted molar refractivity (Wildman–Crippen MR) is 78.8 cm³/mol. The van der Waals surface area contributed by atoms with E-state index in [4.69, 9.17) is 11.6 Å². The van der Waals surface area contributed by atoms with Crippen LogP contribution in [0.15, 0.2) is 41.8 Å². The average molecular weight is 291 g/mol. The second-order valence-electron chi connectivity index (χ2n) is 4.16. The van der Waals surface area contributed by atoms with Crippen molar-refractivity contribution >= 4 is 39.1 Å². The molecule has 0 bridgehead atoms. The molecule has 2 heterocycles. The van der Waals surface area contributed by atoms with Gasteiger partial charge in [-0.2, -0.15) is 0 Å². The number of H-pyrrole nitrogens is 1. The number of carbonyl (C=O) groups excluding carboxylic acids is 1. The summed E-state index contributed by atoms with van der Waals surface area (Å²) in [5.41, 5.74) is 2.48. The summed E-state index contributed by atoms with van der Waals surface area (Å²) in [5.74, 6) is -0.122. The third-order valence-electron chi connectivity index (χ3n) is 2.88. The SMILES string of the molecule is O=C(NCc1ccccc1Cl)c1cc2sccc2[nH]1. The monoisotopic (exact) mass is 290 g/mol. The van der Waals surface area contributed by atoms with Crippen LogP contribution < -0.4 is 5.32 Å². The summed E-state index contributed by atoms with van der Waals surface area (Å²) < 4.78 is 1.09. The molecule has 0 aliphatic carbocycles. The number of benzene rings is 1. The summed E-state index contributed by atoms with van der Waals surface area (Å²) in [6.45, 7) is 0.422. The normalized spacial score (nSPS) is 10.8. The highest BCUT2D eigenvalue weighted by Crippen LogP contribution is 2.21. The van der Waals surface area contributed by atoms with Gasteiger partial charge in [0.15, 0.2) is 0 Å². The zero-order valence-corrected chi connectivity index (χ0v) is 11.5. The molecule has 0 atom stereocenters. The zero-order chi connectivity index (χ0) is 13.2. The molecule has 3 aromatic rings. The number of aromatic amines is 1. The summed E-state index contributed by atoms with van der Waals surface area (Å²) in [5, 5.41) is 5.51. The molecule has 2 N–H and O–H groups in total. The number of halogens is 1. The van der Waals surface area contributed by atoms with Crippen LogP contribution in [-0.2, 0) is 6.54 Å². The lowest BCUT2D eigenvalue weighted by Crippen LogP contribution is -2.23. The average Bonchev–Trinajstić information content (AvgIpc) is 2.98. The number of carbonyl (C=O) groups is 1. The van der Waals surface area contributed by atoms with Crippen LogP contribution in [0.25, 0.3) is 10.2 Å². The Morgan fingerprint density at radius 2 is 2.16 bits per heavy atom. The van der Waals surface area contributed by atoms with Crippen LogP contribution >= 0.6 is 22.9 Å². The lowest BCUT2D eigenvalue weighted by atomic mass is 10.2.